The minimum Gasteiger partial charge on any atom is -0.356 e. The highest BCUT2D eigenvalue weighted by atomic mass is 19.4. The van der Waals surface area contributed by atoms with Crippen LogP contribution in [0.4, 0.5) is 13.2 Å². The van der Waals surface area contributed by atoms with Gasteiger partial charge in [0.2, 0.25) is 23.5 Å². The maximum atomic E-state index is 13.8. The molecule has 0 bridgehead atoms. The summed E-state index contributed by atoms with van der Waals surface area (Å²) in [5, 5.41) is 10.2. The van der Waals surface area contributed by atoms with Crippen molar-refractivity contribution in [2.45, 2.75) is 89.5 Å². The van der Waals surface area contributed by atoms with E-state index >= 15 is 0 Å². The predicted octanol–water partition coefficient (Wildman–Crippen LogP) is 2.50. The van der Waals surface area contributed by atoms with Crippen LogP contribution in [0.2, 0.25) is 0 Å². The number of hydrogen-bond donors (Lipinski definition) is 4. The molecule has 2 fully saturated rings. The van der Waals surface area contributed by atoms with E-state index in [4.69, 9.17) is 0 Å². The Morgan fingerprint density at radius 3 is 2.15 bits per heavy atom. The molecule has 40 heavy (non-hydrogen) atoms. The van der Waals surface area contributed by atoms with E-state index in [2.05, 4.69) is 21.3 Å². The van der Waals surface area contributed by atoms with E-state index in [1.807, 2.05) is 0 Å². The van der Waals surface area contributed by atoms with Gasteiger partial charge in [0.15, 0.2) is 0 Å². The van der Waals surface area contributed by atoms with Gasteiger partial charge in [-0.3, -0.25) is 24.0 Å². The van der Waals surface area contributed by atoms with Crippen LogP contribution >= 0.6 is 0 Å². The number of ketones is 1. The zero-order valence-electron chi connectivity index (χ0n) is 22.9. The van der Waals surface area contributed by atoms with Crippen LogP contribution in [0.5, 0.6) is 0 Å². The molecule has 9 nitrogen and oxygen atoms in total. The molecule has 3 rings (SSSR count). The van der Waals surface area contributed by atoms with Crippen LogP contribution < -0.4 is 21.3 Å². The molecule has 1 heterocycles. The number of hydrogen-bond acceptors (Lipinski definition) is 5. The highest BCUT2D eigenvalue weighted by Crippen LogP contribution is 2.37. The largest absolute Gasteiger partial charge is 0.396 e. The molecule has 12 heteroatoms. The highest BCUT2D eigenvalue weighted by Gasteiger charge is 2.43. The fraction of sp³-hybridized carbons (Fsp3) is 0.607. The van der Waals surface area contributed by atoms with E-state index in [0.29, 0.717) is 13.0 Å². The van der Waals surface area contributed by atoms with Crippen molar-refractivity contribution in [3.05, 3.63) is 35.9 Å². The minimum atomic E-state index is -4.70. The second kappa shape index (κ2) is 12.8. The number of Topliss-reactive ketones (excluding diaryl/α,β-unsaturated/α-hetero) is 1. The molecule has 4 atom stereocenters. The quantitative estimate of drug-likeness (QED) is 0.289. The summed E-state index contributed by atoms with van der Waals surface area (Å²) in [6.07, 6.45) is -3.81. The van der Waals surface area contributed by atoms with Gasteiger partial charge >= 0.3 is 6.18 Å². The average molecular weight is 567 g/mol. The zero-order chi connectivity index (χ0) is 29.7. The van der Waals surface area contributed by atoms with Gasteiger partial charge in [0.25, 0.3) is 5.91 Å². The lowest BCUT2D eigenvalue weighted by Crippen LogP contribution is -2.55. The zero-order valence-corrected chi connectivity index (χ0v) is 22.9. The molecule has 4 N–H and O–H groups in total. The second-order valence-electron chi connectivity index (χ2n) is 11.8. The summed E-state index contributed by atoms with van der Waals surface area (Å²) in [7, 11) is 0. The first-order valence-electron chi connectivity index (χ1n) is 13.5. The molecule has 1 saturated carbocycles. The van der Waals surface area contributed by atoms with E-state index in [-0.39, 0.29) is 30.4 Å². The van der Waals surface area contributed by atoms with Gasteiger partial charge in [-0.05, 0) is 43.1 Å². The van der Waals surface area contributed by atoms with E-state index in [0.717, 1.165) is 12.8 Å². The summed E-state index contributed by atoms with van der Waals surface area (Å²) < 4.78 is 41.5. The van der Waals surface area contributed by atoms with Crippen LogP contribution in [0.25, 0.3) is 0 Å². The molecule has 2 unspecified atom stereocenters. The fourth-order valence-electron chi connectivity index (χ4n) is 4.67. The van der Waals surface area contributed by atoms with Crippen molar-refractivity contribution in [3.63, 3.8) is 0 Å². The SMILES string of the molecule is CC(C)(C)C[C@H](NC(=O)CC(c1ccccc1)C(F)(F)F)C(=O)NC(C[C@@H]1CCNC1=O)C(=O)C(=O)NC1CC1. The van der Waals surface area contributed by atoms with Crippen molar-refractivity contribution in [3.8, 4) is 0 Å². The lowest BCUT2D eigenvalue weighted by Gasteiger charge is -2.29. The first kappa shape index (κ1) is 31.1. The maximum Gasteiger partial charge on any atom is 0.396 e. The Morgan fingerprint density at radius 2 is 1.62 bits per heavy atom. The van der Waals surface area contributed by atoms with Crippen molar-refractivity contribution < 1.29 is 37.1 Å². The Bertz CT molecular complexity index is 1100. The Balaban J connectivity index is 1.77. The van der Waals surface area contributed by atoms with Crippen LogP contribution in [-0.2, 0) is 24.0 Å². The average Bonchev–Trinajstić information content (AvgIpc) is 3.59. The third kappa shape index (κ3) is 9.34. The number of halogens is 3. The molecule has 0 radical (unpaired) electrons. The highest BCUT2D eigenvalue weighted by molar-refractivity contribution is 6.38. The normalized spacial score (nSPS) is 19.6. The molecule has 1 saturated heterocycles. The number of rotatable bonds is 12. The van der Waals surface area contributed by atoms with Crippen LogP contribution in [0, 0.1) is 11.3 Å². The molecule has 220 valence electrons. The molecule has 0 spiro atoms. The number of alkyl halides is 3. The summed E-state index contributed by atoms with van der Waals surface area (Å²) in [6.45, 7) is 5.76. The number of amides is 4. The summed E-state index contributed by atoms with van der Waals surface area (Å²) in [5.41, 5.74) is -0.615. The van der Waals surface area contributed by atoms with Gasteiger partial charge in [0, 0.05) is 24.9 Å². The minimum absolute atomic E-state index is 0.0473. The molecule has 1 aromatic rings. The second-order valence-corrected chi connectivity index (χ2v) is 11.8. The smallest absolute Gasteiger partial charge is 0.356 e. The third-order valence-electron chi connectivity index (χ3n) is 6.91. The van der Waals surface area contributed by atoms with Crippen molar-refractivity contribution in [2.24, 2.45) is 11.3 Å². The van der Waals surface area contributed by atoms with Gasteiger partial charge in [-0.15, -0.1) is 0 Å². The summed E-state index contributed by atoms with van der Waals surface area (Å²) in [6, 6.07) is 4.30. The van der Waals surface area contributed by atoms with Gasteiger partial charge in [-0.1, -0.05) is 51.1 Å². The van der Waals surface area contributed by atoms with E-state index in [9.17, 15) is 37.1 Å². The van der Waals surface area contributed by atoms with Crippen molar-refractivity contribution in [1.82, 2.24) is 21.3 Å². The van der Waals surface area contributed by atoms with Crippen LogP contribution in [-0.4, -0.2) is 60.3 Å². The van der Waals surface area contributed by atoms with Crippen molar-refractivity contribution >= 4 is 29.4 Å². The number of carbonyl (C=O) groups excluding carboxylic acids is 5. The summed E-state index contributed by atoms with van der Waals surface area (Å²) in [5.74, 6) is -6.57. The van der Waals surface area contributed by atoms with E-state index < -0.39 is 65.4 Å². The van der Waals surface area contributed by atoms with Gasteiger partial charge in [-0.2, -0.15) is 13.2 Å². The molecule has 1 aliphatic heterocycles. The summed E-state index contributed by atoms with van der Waals surface area (Å²) in [4.78, 5) is 64.0. The molecular formula is C28H37F3N4O5. The first-order chi connectivity index (χ1) is 18.6. The standard InChI is InChI=1S/C28H37F3N4O5/c1-27(2,3)15-21(34-22(36)14-19(28(29,30)31)16-7-5-4-6-8-16)25(39)35-20(13-17-11-12-32-24(17)38)23(37)26(40)33-18-9-10-18/h4-8,17-21H,9-15H2,1-3H3,(H,32,38)(H,33,40)(H,34,36)(H,35,39)/t17-,19?,20?,21-/m0/s1. The molecule has 1 aliphatic carbocycles. The Kier molecular flexibility index (Phi) is 9.96. The number of nitrogens with one attached hydrogen (secondary N) is 4. The third-order valence-corrected chi connectivity index (χ3v) is 6.91. The molecule has 4 amide bonds. The van der Waals surface area contributed by atoms with Gasteiger partial charge in [-0.25, -0.2) is 0 Å². The monoisotopic (exact) mass is 566 g/mol. The van der Waals surface area contributed by atoms with Gasteiger partial charge in [0.1, 0.15) is 6.04 Å². The van der Waals surface area contributed by atoms with Crippen LogP contribution in [0.3, 0.4) is 0 Å². The predicted molar refractivity (Wildman–Crippen MR) is 140 cm³/mol. The molecule has 0 aromatic heterocycles. The van der Waals surface area contributed by atoms with Gasteiger partial charge < -0.3 is 21.3 Å². The number of carbonyl (C=O) groups is 5. The van der Waals surface area contributed by atoms with Crippen molar-refractivity contribution in [2.75, 3.05) is 6.54 Å². The lowest BCUT2D eigenvalue weighted by molar-refractivity contribution is -0.157. The summed E-state index contributed by atoms with van der Waals surface area (Å²) >= 11 is 0. The maximum absolute atomic E-state index is 13.8. The lowest BCUT2D eigenvalue weighted by atomic mass is 9.87. The van der Waals surface area contributed by atoms with Gasteiger partial charge in [0.05, 0.1) is 12.0 Å². The Morgan fingerprint density at radius 1 is 0.975 bits per heavy atom. The van der Waals surface area contributed by atoms with E-state index in [1.54, 1.807) is 26.8 Å². The van der Waals surface area contributed by atoms with E-state index in [1.165, 1.54) is 24.3 Å². The Labute approximate surface area is 231 Å². The van der Waals surface area contributed by atoms with Crippen LogP contribution in [0.1, 0.15) is 70.8 Å². The Hall–Kier alpha value is -3.44. The molecule has 1 aromatic carbocycles. The van der Waals surface area contributed by atoms with Crippen molar-refractivity contribution in [1.29, 1.82) is 0 Å². The topological polar surface area (TPSA) is 133 Å². The van der Waals surface area contributed by atoms with Crippen LogP contribution in [0.15, 0.2) is 30.3 Å². The molecular weight excluding hydrogens is 529 g/mol. The first-order valence-corrected chi connectivity index (χ1v) is 13.5. The molecule has 2 aliphatic rings. The number of benzene rings is 1. The fourth-order valence-corrected chi connectivity index (χ4v) is 4.67.